The Bertz CT molecular complexity index is 2460. The van der Waals surface area contributed by atoms with Crippen molar-refractivity contribution in [3.8, 4) is 22.6 Å². The summed E-state index contributed by atoms with van der Waals surface area (Å²) < 4.78 is 29.7. The molecule has 1 saturated heterocycles. The van der Waals surface area contributed by atoms with E-state index in [1.165, 1.54) is 22.5 Å². The average molecular weight is 717 g/mol. The summed E-state index contributed by atoms with van der Waals surface area (Å²) in [5, 5.41) is 19.3. The molecule has 1 aliphatic heterocycles. The zero-order valence-electron chi connectivity index (χ0n) is 29.2. The smallest absolute Gasteiger partial charge is 0.407 e. The number of rotatable bonds is 10. The van der Waals surface area contributed by atoms with Crippen LogP contribution in [0.25, 0.3) is 38.6 Å². The number of methoxy groups -OCH3 is 1. The maximum absolute atomic E-state index is 15.6. The lowest BCUT2D eigenvalue weighted by molar-refractivity contribution is -0.142. The molecule has 1 aliphatic carbocycles. The van der Waals surface area contributed by atoms with Crippen LogP contribution in [-0.2, 0) is 22.7 Å². The summed E-state index contributed by atoms with van der Waals surface area (Å²) in [6.07, 6.45) is 4.93. The standard InChI is InChI=1S/C40H37FN6O6/c1-23(48)53-22-32-30(4-3-5-34(32)46-17-13-26-18-27(25-8-9-25)19-33(41)35(26)39(46)49)31-12-15-42-38-36(31)37(43-28-14-16-45(21-28)40(50)51)44-47(38)20-24-6-10-29(52-2)11-7-24/h3-7,10-13,15,17-19,25,28H,8-9,14,16,20-22H2,1-2H3,(H,43,44)(H,50,51)/t28-/m1/s1. The van der Waals surface area contributed by atoms with E-state index in [-0.39, 0.29) is 24.6 Å². The maximum Gasteiger partial charge on any atom is 0.407 e. The molecule has 4 heterocycles. The van der Waals surface area contributed by atoms with Gasteiger partial charge in [-0.15, -0.1) is 0 Å². The average Bonchev–Trinajstić information content (AvgIpc) is 3.81. The monoisotopic (exact) mass is 716 g/mol. The van der Waals surface area contributed by atoms with Crippen molar-refractivity contribution in [3.05, 3.63) is 112 Å². The van der Waals surface area contributed by atoms with Crippen molar-refractivity contribution in [2.45, 2.75) is 51.3 Å². The summed E-state index contributed by atoms with van der Waals surface area (Å²) in [7, 11) is 1.61. The lowest BCUT2D eigenvalue weighted by Crippen LogP contribution is -2.30. The van der Waals surface area contributed by atoms with Gasteiger partial charge < -0.3 is 24.8 Å². The maximum atomic E-state index is 15.6. The Balaban J connectivity index is 1.29. The normalized spacial score (nSPS) is 15.6. The molecule has 12 nitrogen and oxygen atoms in total. The number of amides is 1. The lowest BCUT2D eigenvalue weighted by atomic mass is 9.96. The second-order valence-corrected chi connectivity index (χ2v) is 13.6. The first kappa shape index (κ1) is 33.9. The number of halogens is 1. The number of hydrogen-bond donors (Lipinski definition) is 2. The first-order valence-corrected chi connectivity index (χ1v) is 17.5. The second-order valence-electron chi connectivity index (χ2n) is 13.6. The molecule has 2 fully saturated rings. The van der Waals surface area contributed by atoms with Gasteiger partial charge in [-0.1, -0.05) is 30.3 Å². The molecule has 13 heteroatoms. The molecule has 53 heavy (non-hydrogen) atoms. The van der Waals surface area contributed by atoms with Crippen LogP contribution in [0.5, 0.6) is 5.75 Å². The van der Waals surface area contributed by atoms with Gasteiger partial charge in [0.15, 0.2) is 11.5 Å². The molecule has 270 valence electrons. The zero-order valence-corrected chi connectivity index (χ0v) is 29.2. The van der Waals surface area contributed by atoms with Gasteiger partial charge in [0, 0.05) is 44.0 Å². The van der Waals surface area contributed by atoms with Crippen LogP contribution in [0.1, 0.15) is 48.8 Å². The van der Waals surface area contributed by atoms with Crippen molar-refractivity contribution < 1.29 is 28.6 Å². The van der Waals surface area contributed by atoms with Crippen LogP contribution in [-0.4, -0.2) is 67.6 Å². The van der Waals surface area contributed by atoms with Crippen molar-refractivity contribution in [2.24, 2.45) is 0 Å². The summed E-state index contributed by atoms with van der Waals surface area (Å²) in [5.74, 6) is 0.488. The lowest BCUT2D eigenvalue weighted by Gasteiger charge is -2.18. The van der Waals surface area contributed by atoms with E-state index in [0.29, 0.717) is 70.0 Å². The molecular weight excluding hydrogens is 679 g/mol. The Hall–Kier alpha value is -6.24. The summed E-state index contributed by atoms with van der Waals surface area (Å²) in [4.78, 5) is 44.1. The van der Waals surface area contributed by atoms with Crippen LogP contribution >= 0.6 is 0 Å². The molecule has 0 unspecified atom stereocenters. The van der Waals surface area contributed by atoms with Gasteiger partial charge in [0.05, 0.1) is 30.1 Å². The van der Waals surface area contributed by atoms with E-state index in [2.05, 4.69) is 5.32 Å². The van der Waals surface area contributed by atoms with E-state index in [9.17, 15) is 19.5 Å². The number of anilines is 1. The van der Waals surface area contributed by atoms with E-state index in [0.717, 1.165) is 29.7 Å². The molecule has 2 aliphatic rings. The van der Waals surface area contributed by atoms with Crippen LogP contribution in [0.3, 0.4) is 0 Å². The van der Waals surface area contributed by atoms with Crippen molar-refractivity contribution in [3.63, 3.8) is 0 Å². The number of aromatic nitrogens is 4. The number of nitrogens with zero attached hydrogens (tertiary/aromatic N) is 5. The number of pyridine rings is 2. The molecule has 3 aromatic carbocycles. The van der Waals surface area contributed by atoms with E-state index < -0.39 is 23.4 Å². The van der Waals surface area contributed by atoms with E-state index >= 15 is 4.39 Å². The van der Waals surface area contributed by atoms with Crippen LogP contribution in [0.4, 0.5) is 15.0 Å². The van der Waals surface area contributed by atoms with Crippen LogP contribution in [0.15, 0.2) is 83.9 Å². The minimum Gasteiger partial charge on any atom is -0.497 e. The van der Waals surface area contributed by atoms with Gasteiger partial charge in [-0.3, -0.25) is 14.2 Å². The number of ether oxygens (including phenoxy) is 2. The fourth-order valence-electron chi connectivity index (χ4n) is 7.25. The molecule has 1 atom stereocenters. The number of benzene rings is 3. The number of likely N-dealkylation sites (tertiary alicyclic amines) is 1. The molecule has 8 rings (SSSR count). The van der Waals surface area contributed by atoms with Gasteiger partial charge in [0.25, 0.3) is 5.56 Å². The van der Waals surface area contributed by atoms with Crippen molar-refractivity contribution in [1.29, 1.82) is 0 Å². The second kappa shape index (κ2) is 13.7. The van der Waals surface area contributed by atoms with Gasteiger partial charge in [0.2, 0.25) is 0 Å². The highest BCUT2D eigenvalue weighted by molar-refractivity contribution is 6.02. The predicted octanol–water partition coefficient (Wildman–Crippen LogP) is 6.70. The first-order valence-electron chi connectivity index (χ1n) is 17.5. The number of nitrogens with one attached hydrogen (secondary N) is 1. The quantitative estimate of drug-likeness (QED) is 0.148. The molecule has 0 spiro atoms. The highest BCUT2D eigenvalue weighted by Gasteiger charge is 2.29. The SMILES string of the molecule is COc1ccc(Cn2nc(N[C@@H]3CCN(C(=O)O)C3)c3c(-c4cccc(-n5ccc6cc(C7CC7)cc(F)c6c5=O)c4COC(C)=O)ccnc32)cc1. The first-order chi connectivity index (χ1) is 25.7. The highest BCUT2D eigenvalue weighted by Crippen LogP contribution is 2.42. The molecule has 0 radical (unpaired) electrons. The molecule has 2 N–H and O–H groups in total. The van der Waals surface area contributed by atoms with Crippen molar-refractivity contribution in [1.82, 2.24) is 24.2 Å². The van der Waals surface area contributed by atoms with Crippen LogP contribution < -0.4 is 15.6 Å². The van der Waals surface area contributed by atoms with E-state index in [4.69, 9.17) is 19.6 Å². The van der Waals surface area contributed by atoms with Crippen molar-refractivity contribution >= 4 is 39.7 Å². The molecule has 1 amide bonds. The third kappa shape index (κ3) is 6.54. The van der Waals surface area contributed by atoms with Gasteiger partial charge in [0.1, 0.15) is 18.2 Å². The van der Waals surface area contributed by atoms with Crippen LogP contribution in [0, 0.1) is 5.82 Å². The number of hydrogen-bond acceptors (Lipinski definition) is 8. The third-order valence-corrected chi connectivity index (χ3v) is 10.1. The Morgan fingerprint density at radius 2 is 1.83 bits per heavy atom. The van der Waals surface area contributed by atoms with E-state index in [1.54, 1.807) is 42.4 Å². The number of carbonyl (C=O) groups excluding carboxylic acids is 1. The Kier molecular flexibility index (Phi) is 8.77. The molecular formula is C40H37FN6O6. The van der Waals surface area contributed by atoms with Gasteiger partial charge >= 0.3 is 12.1 Å². The number of esters is 1. The summed E-state index contributed by atoms with van der Waals surface area (Å²) in [6, 6.07) is 19.8. The minimum absolute atomic E-state index is 0.00898. The Labute approximate surface area is 303 Å². The summed E-state index contributed by atoms with van der Waals surface area (Å²) >= 11 is 0. The summed E-state index contributed by atoms with van der Waals surface area (Å²) in [6.45, 7) is 2.20. The number of carboxylic acid groups (broad SMARTS) is 1. The molecule has 3 aromatic heterocycles. The van der Waals surface area contributed by atoms with Crippen molar-refractivity contribution in [2.75, 3.05) is 25.5 Å². The van der Waals surface area contributed by atoms with Gasteiger partial charge in [-0.05, 0) is 89.2 Å². The third-order valence-electron chi connectivity index (χ3n) is 10.1. The molecule has 6 aromatic rings. The largest absolute Gasteiger partial charge is 0.497 e. The predicted molar refractivity (Wildman–Crippen MR) is 197 cm³/mol. The van der Waals surface area contributed by atoms with E-state index in [1.807, 2.05) is 42.5 Å². The minimum atomic E-state index is -0.981. The number of fused-ring (bicyclic) bond motifs is 2. The number of carbonyl (C=O) groups is 2. The Morgan fingerprint density at radius 1 is 1.02 bits per heavy atom. The fraction of sp³-hybridized carbons (Fsp3) is 0.275. The topological polar surface area (TPSA) is 141 Å². The summed E-state index contributed by atoms with van der Waals surface area (Å²) in [5.41, 5.74) is 4.20. The zero-order chi connectivity index (χ0) is 36.8. The molecule has 1 saturated carbocycles. The van der Waals surface area contributed by atoms with Gasteiger partial charge in [-0.2, -0.15) is 5.10 Å². The highest BCUT2D eigenvalue weighted by atomic mass is 19.1. The van der Waals surface area contributed by atoms with Crippen LogP contribution in [0.2, 0.25) is 0 Å². The Morgan fingerprint density at radius 3 is 2.55 bits per heavy atom. The fourth-order valence-corrected chi connectivity index (χ4v) is 7.25. The molecule has 0 bridgehead atoms. The van der Waals surface area contributed by atoms with Gasteiger partial charge in [-0.25, -0.2) is 18.9 Å².